The number of hydrogen-bond donors (Lipinski definition) is 0. The van der Waals surface area contributed by atoms with Crippen LogP contribution in [0.2, 0.25) is 0 Å². The molecule has 0 spiro atoms. The van der Waals surface area contributed by atoms with Gasteiger partial charge in [-0.3, -0.25) is 0 Å². The Kier molecular flexibility index (Phi) is 7.07. The first kappa shape index (κ1) is 13.0. The van der Waals surface area contributed by atoms with Crippen LogP contribution in [0.1, 0.15) is 38.5 Å². The Morgan fingerprint density at radius 3 is 2.73 bits per heavy atom. The lowest BCUT2D eigenvalue weighted by Crippen LogP contribution is -2.13. The highest BCUT2D eigenvalue weighted by Gasteiger charge is 2.24. The molecule has 3 heteroatoms. The number of ether oxygens (including phenoxy) is 2. The highest BCUT2D eigenvalue weighted by Crippen LogP contribution is 2.18. The molecular formula is C12H21ClO2. The molecule has 1 aliphatic heterocycles. The van der Waals surface area contributed by atoms with Crippen molar-refractivity contribution in [2.24, 2.45) is 0 Å². The van der Waals surface area contributed by atoms with E-state index in [1.807, 2.05) is 6.08 Å². The highest BCUT2D eigenvalue weighted by atomic mass is 35.5. The molecular weight excluding hydrogens is 212 g/mol. The monoisotopic (exact) mass is 232 g/mol. The van der Waals surface area contributed by atoms with Gasteiger partial charge in [0.1, 0.15) is 0 Å². The average Bonchev–Trinajstić information content (AvgIpc) is 2.71. The fraction of sp³-hybridized carbons (Fsp3) is 0.833. The van der Waals surface area contributed by atoms with Gasteiger partial charge in [-0.25, -0.2) is 0 Å². The molecule has 1 aliphatic rings. The van der Waals surface area contributed by atoms with Gasteiger partial charge >= 0.3 is 0 Å². The molecule has 1 rings (SSSR count). The molecule has 1 saturated heterocycles. The smallest absolute Gasteiger partial charge is 0.171 e. The molecule has 0 saturated carbocycles. The Hall–Kier alpha value is -0.0500. The SMILES string of the molecule is C=CCCCCCCC1COC(CCl)O1. The van der Waals surface area contributed by atoms with Crippen LogP contribution in [0.4, 0.5) is 0 Å². The van der Waals surface area contributed by atoms with Gasteiger partial charge in [0.25, 0.3) is 0 Å². The zero-order valence-electron chi connectivity index (χ0n) is 9.29. The normalized spacial score (nSPS) is 25.7. The molecule has 0 aromatic rings. The van der Waals surface area contributed by atoms with Gasteiger partial charge in [-0.05, 0) is 19.3 Å². The van der Waals surface area contributed by atoms with Crippen LogP contribution in [0, 0.1) is 0 Å². The molecule has 0 bridgehead atoms. The Morgan fingerprint density at radius 2 is 2.07 bits per heavy atom. The average molecular weight is 233 g/mol. The van der Waals surface area contributed by atoms with E-state index >= 15 is 0 Å². The molecule has 1 heterocycles. The zero-order valence-corrected chi connectivity index (χ0v) is 10.0. The maximum atomic E-state index is 5.63. The largest absolute Gasteiger partial charge is 0.349 e. The molecule has 0 amide bonds. The Morgan fingerprint density at radius 1 is 1.27 bits per heavy atom. The maximum Gasteiger partial charge on any atom is 0.171 e. The molecule has 2 unspecified atom stereocenters. The van der Waals surface area contributed by atoms with Crippen LogP contribution >= 0.6 is 11.6 Å². The Bertz CT molecular complexity index is 173. The van der Waals surface area contributed by atoms with E-state index in [4.69, 9.17) is 21.1 Å². The van der Waals surface area contributed by atoms with Gasteiger partial charge in [0.15, 0.2) is 6.29 Å². The van der Waals surface area contributed by atoms with Crippen molar-refractivity contribution in [2.75, 3.05) is 12.5 Å². The third-order valence-corrected chi connectivity index (χ3v) is 2.87. The quantitative estimate of drug-likeness (QED) is 0.362. The maximum absolute atomic E-state index is 5.63. The summed E-state index contributed by atoms with van der Waals surface area (Å²) in [5.74, 6) is 0.440. The summed E-state index contributed by atoms with van der Waals surface area (Å²) in [4.78, 5) is 0. The van der Waals surface area contributed by atoms with Crippen LogP contribution < -0.4 is 0 Å². The van der Waals surface area contributed by atoms with Gasteiger partial charge in [-0.2, -0.15) is 0 Å². The van der Waals surface area contributed by atoms with Crippen LogP contribution in [0.15, 0.2) is 12.7 Å². The summed E-state index contributed by atoms with van der Waals surface area (Å²) in [5.41, 5.74) is 0. The first-order chi connectivity index (χ1) is 7.36. The van der Waals surface area contributed by atoms with Gasteiger partial charge in [-0.15, -0.1) is 18.2 Å². The summed E-state index contributed by atoms with van der Waals surface area (Å²) in [6.07, 6.45) is 9.37. The zero-order chi connectivity index (χ0) is 10.9. The summed E-state index contributed by atoms with van der Waals surface area (Å²) in [7, 11) is 0. The summed E-state index contributed by atoms with van der Waals surface area (Å²) in [6.45, 7) is 4.42. The third-order valence-electron chi connectivity index (χ3n) is 2.62. The standard InChI is InChI=1S/C12H21ClO2/c1-2-3-4-5-6-7-8-11-10-14-12(9-13)15-11/h2,11-12H,1,3-10H2. The van der Waals surface area contributed by atoms with Crippen molar-refractivity contribution in [3.63, 3.8) is 0 Å². The number of halogens is 1. The molecule has 0 aromatic heterocycles. The van der Waals surface area contributed by atoms with E-state index < -0.39 is 0 Å². The summed E-state index contributed by atoms with van der Waals surface area (Å²) in [6, 6.07) is 0. The molecule has 1 fully saturated rings. The van der Waals surface area contributed by atoms with Crippen molar-refractivity contribution in [3.05, 3.63) is 12.7 Å². The van der Waals surface area contributed by atoms with Gasteiger partial charge in [0, 0.05) is 0 Å². The van der Waals surface area contributed by atoms with E-state index in [0.29, 0.717) is 12.5 Å². The molecule has 0 aromatic carbocycles. The molecule has 2 atom stereocenters. The summed E-state index contributed by atoms with van der Waals surface area (Å²) < 4.78 is 10.9. The predicted octanol–water partition coefficient (Wildman–Crippen LogP) is 3.49. The minimum atomic E-state index is -0.169. The van der Waals surface area contributed by atoms with Crippen molar-refractivity contribution in [1.29, 1.82) is 0 Å². The van der Waals surface area contributed by atoms with Crippen LogP contribution in [0.5, 0.6) is 0 Å². The number of rotatable bonds is 8. The molecule has 2 nitrogen and oxygen atoms in total. The molecule has 0 radical (unpaired) electrons. The molecule has 15 heavy (non-hydrogen) atoms. The molecule has 0 N–H and O–H groups in total. The second-order valence-corrected chi connectivity index (χ2v) is 4.26. The van der Waals surface area contributed by atoms with Crippen LogP contribution in [-0.2, 0) is 9.47 Å². The first-order valence-electron chi connectivity index (χ1n) is 5.80. The van der Waals surface area contributed by atoms with Gasteiger partial charge in [0.05, 0.1) is 18.6 Å². The number of hydrogen-bond acceptors (Lipinski definition) is 2. The lowest BCUT2D eigenvalue weighted by atomic mass is 10.1. The lowest BCUT2D eigenvalue weighted by molar-refractivity contribution is -0.0407. The molecule has 88 valence electrons. The van der Waals surface area contributed by atoms with Gasteiger partial charge < -0.3 is 9.47 Å². The van der Waals surface area contributed by atoms with Crippen molar-refractivity contribution in [1.82, 2.24) is 0 Å². The van der Waals surface area contributed by atoms with Crippen molar-refractivity contribution >= 4 is 11.6 Å². The van der Waals surface area contributed by atoms with Crippen LogP contribution in [-0.4, -0.2) is 24.9 Å². The minimum Gasteiger partial charge on any atom is -0.349 e. The van der Waals surface area contributed by atoms with E-state index in [9.17, 15) is 0 Å². The van der Waals surface area contributed by atoms with Crippen molar-refractivity contribution in [3.8, 4) is 0 Å². The van der Waals surface area contributed by atoms with Gasteiger partial charge in [0.2, 0.25) is 0 Å². The van der Waals surface area contributed by atoms with Gasteiger partial charge in [-0.1, -0.05) is 25.3 Å². The Labute approximate surface area is 97.6 Å². The topological polar surface area (TPSA) is 18.5 Å². The summed E-state index contributed by atoms with van der Waals surface area (Å²) in [5, 5.41) is 0. The van der Waals surface area contributed by atoms with E-state index in [1.165, 1.54) is 25.7 Å². The van der Waals surface area contributed by atoms with E-state index in [2.05, 4.69) is 6.58 Å². The number of alkyl halides is 1. The summed E-state index contributed by atoms with van der Waals surface area (Å²) >= 11 is 5.63. The fourth-order valence-electron chi connectivity index (χ4n) is 1.75. The lowest BCUT2D eigenvalue weighted by Gasteiger charge is -2.08. The van der Waals surface area contributed by atoms with E-state index in [-0.39, 0.29) is 12.4 Å². The Balaban J connectivity index is 1.90. The predicted molar refractivity (Wildman–Crippen MR) is 63.2 cm³/mol. The second kappa shape index (κ2) is 8.14. The second-order valence-electron chi connectivity index (χ2n) is 3.96. The number of allylic oxidation sites excluding steroid dienone is 1. The third kappa shape index (κ3) is 5.55. The minimum absolute atomic E-state index is 0.169. The molecule has 0 aliphatic carbocycles. The van der Waals surface area contributed by atoms with E-state index in [0.717, 1.165) is 12.8 Å². The number of unbranched alkanes of at least 4 members (excludes halogenated alkanes) is 4. The van der Waals surface area contributed by atoms with E-state index in [1.54, 1.807) is 0 Å². The fourth-order valence-corrected chi connectivity index (χ4v) is 1.92. The van der Waals surface area contributed by atoms with Crippen molar-refractivity contribution < 1.29 is 9.47 Å². The van der Waals surface area contributed by atoms with Crippen LogP contribution in [0.25, 0.3) is 0 Å². The first-order valence-corrected chi connectivity index (χ1v) is 6.34. The van der Waals surface area contributed by atoms with Crippen molar-refractivity contribution in [2.45, 2.75) is 50.9 Å². The highest BCUT2D eigenvalue weighted by molar-refractivity contribution is 6.18. The van der Waals surface area contributed by atoms with Crippen LogP contribution in [0.3, 0.4) is 0 Å².